The highest BCUT2D eigenvalue weighted by Crippen LogP contribution is 2.32. The Hall–Kier alpha value is -2.75. The molecule has 30 heavy (non-hydrogen) atoms. The standard InChI is InChI=1S/C21H25N3O5S/c1-21(2,3)29-20(27)24(4)18-8-5-13(10-22-18)19-23-16-7-6-15(9-17(16)30-19)28-12-14(26)11-25/h5-10,14,25-26H,11-12H2,1-4H3/t14-/m0/s1. The van der Waals surface area contributed by atoms with Crippen LogP contribution in [0.1, 0.15) is 20.8 Å². The molecule has 1 atom stereocenters. The van der Waals surface area contributed by atoms with E-state index in [1.54, 1.807) is 25.4 Å². The van der Waals surface area contributed by atoms with E-state index >= 15 is 0 Å². The zero-order valence-electron chi connectivity index (χ0n) is 17.3. The Balaban J connectivity index is 1.75. The maximum atomic E-state index is 12.2. The van der Waals surface area contributed by atoms with Gasteiger partial charge in [-0.15, -0.1) is 11.3 Å². The predicted molar refractivity (Wildman–Crippen MR) is 116 cm³/mol. The number of fused-ring (bicyclic) bond motifs is 1. The SMILES string of the molecule is CN(C(=O)OC(C)(C)C)c1ccc(-c2nc3ccc(OC[C@@H](O)CO)cc3s2)cn1. The van der Waals surface area contributed by atoms with Crippen molar-refractivity contribution in [3.63, 3.8) is 0 Å². The lowest BCUT2D eigenvalue weighted by molar-refractivity contribution is 0.0536. The largest absolute Gasteiger partial charge is 0.491 e. The van der Waals surface area contributed by atoms with Crippen LogP contribution in [0.2, 0.25) is 0 Å². The lowest BCUT2D eigenvalue weighted by atomic mass is 10.2. The molecule has 2 heterocycles. The highest BCUT2D eigenvalue weighted by Gasteiger charge is 2.21. The van der Waals surface area contributed by atoms with Crippen LogP contribution in [0.25, 0.3) is 20.8 Å². The fourth-order valence-electron chi connectivity index (χ4n) is 2.50. The number of rotatable bonds is 6. The molecule has 0 aliphatic heterocycles. The van der Waals surface area contributed by atoms with E-state index in [2.05, 4.69) is 9.97 Å². The molecule has 2 N–H and O–H groups in total. The lowest BCUT2D eigenvalue weighted by Gasteiger charge is -2.24. The number of pyridine rings is 1. The summed E-state index contributed by atoms with van der Waals surface area (Å²) in [6.45, 7) is 5.11. The van der Waals surface area contributed by atoms with Gasteiger partial charge in [0, 0.05) is 18.8 Å². The van der Waals surface area contributed by atoms with Gasteiger partial charge in [0.2, 0.25) is 0 Å². The van der Waals surface area contributed by atoms with Gasteiger partial charge in [0.1, 0.15) is 34.9 Å². The van der Waals surface area contributed by atoms with Crippen molar-refractivity contribution >= 4 is 33.5 Å². The molecule has 0 bridgehead atoms. The number of thiazole rings is 1. The second-order valence-corrected chi connectivity index (χ2v) is 8.77. The third-order valence-corrected chi connectivity index (χ3v) is 5.09. The second-order valence-electron chi connectivity index (χ2n) is 7.74. The van der Waals surface area contributed by atoms with Crippen LogP contribution in [0.5, 0.6) is 5.75 Å². The van der Waals surface area contributed by atoms with Gasteiger partial charge in [-0.25, -0.2) is 14.8 Å². The van der Waals surface area contributed by atoms with Crippen LogP contribution in [0.15, 0.2) is 36.5 Å². The lowest BCUT2D eigenvalue weighted by Crippen LogP contribution is -2.34. The average Bonchev–Trinajstić information content (AvgIpc) is 3.13. The van der Waals surface area contributed by atoms with Gasteiger partial charge in [0.05, 0.1) is 16.8 Å². The van der Waals surface area contributed by atoms with Crippen molar-refractivity contribution in [3.8, 4) is 16.3 Å². The topological polar surface area (TPSA) is 105 Å². The Labute approximate surface area is 178 Å². The highest BCUT2D eigenvalue weighted by atomic mass is 32.1. The molecule has 0 saturated heterocycles. The van der Waals surface area contributed by atoms with Gasteiger partial charge in [0.15, 0.2) is 0 Å². The normalized spacial score (nSPS) is 12.6. The van der Waals surface area contributed by atoms with E-state index in [9.17, 15) is 9.90 Å². The third kappa shape index (κ3) is 5.44. The van der Waals surface area contributed by atoms with E-state index in [4.69, 9.17) is 14.6 Å². The van der Waals surface area contributed by atoms with Crippen molar-refractivity contribution in [3.05, 3.63) is 36.5 Å². The highest BCUT2D eigenvalue weighted by molar-refractivity contribution is 7.21. The number of anilines is 1. The first-order valence-electron chi connectivity index (χ1n) is 9.42. The Morgan fingerprint density at radius 3 is 2.67 bits per heavy atom. The smallest absolute Gasteiger partial charge is 0.415 e. The molecule has 0 radical (unpaired) electrons. The first-order valence-corrected chi connectivity index (χ1v) is 10.2. The van der Waals surface area contributed by atoms with Crippen LogP contribution in [0.4, 0.5) is 10.6 Å². The average molecular weight is 432 g/mol. The number of nitrogens with zero attached hydrogens (tertiary/aromatic N) is 3. The van der Waals surface area contributed by atoms with E-state index in [1.165, 1.54) is 16.2 Å². The number of aromatic nitrogens is 2. The number of aliphatic hydroxyl groups excluding tert-OH is 2. The minimum Gasteiger partial charge on any atom is -0.491 e. The van der Waals surface area contributed by atoms with E-state index in [-0.39, 0.29) is 13.2 Å². The molecule has 1 aromatic carbocycles. The van der Waals surface area contributed by atoms with Crippen molar-refractivity contribution in [2.45, 2.75) is 32.5 Å². The summed E-state index contributed by atoms with van der Waals surface area (Å²) in [5, 5.41) is 19.1. The molecule has 0 unspecified atom stereocenters. The molecule has 0 fully saturated rings. The minimum absolute atomic E-state index is 0.0181. The van der Waals surface area contributed by atoms with Crippen LogP contribution < -0.4 is 9.64 Å². The van der Waals surface area contributed by atoms with E-state index in [0.29, 0.717) is 11.6 Å². The second kappa shape index (κ2) is 8.95. The summed E-state index contributed by atoms with van der Waals surface area (Å²) in [4.78, 5) is 22.5. The van der Waals surface area contributed by atoms with Crippen LogP contribution in [0.3, 0.4) is 0 Å². The Bertz CT molecular complexity index is 1010. The Kier molecular flexibility index (Phi) is 6.55. The molecule has 1 amide bonds. The number of hydrogen-bond donors (Lipinski definition) is 2. The molecule has 3 rings (SSSR count). The van der Waals surface area contributed by atoms with Crippen LogP contribution in [-0.2, 0) is 4.74 Å². The van der Waals surface area contributed by atoms with Crippen molar-refractivity contribution in [1.29, 1.82) is 0 Å². The first kappa shape index (κ1) is 21.9. The first-order chi connectivity index (χ1) is 14.2. The van der Waals surface area contributed by atoms with E-state index < -0.39 is 17.8 Å². The summed E-state index contributed by atoms with van der Waals surface area (Å²) >= 11 is 1.48. The number of benzene rings is 1. The molecule has 2 aromatic heterocycles. The van der Waals surface area contributed by atoms with Crippen molar-refractivity contribution in [2.75, 3.05) is 25.2 Å². The molecule has 9 heteroatoms. The van der Waals surface area contributed by atoms with Gasteiger partial charge in [-0.1, -0.05) is 0 Å². The van der Waals surface area contributed by atoms with Crippen LogP contribution in [-0.4, -0.2) is 58.2 Å². The van der Waals surface area contributed by atoms with Crippen LogP contribution in [0, 0.1) is 0 Å². The Morgan fingerprint density at radius 1 is 1.27 bits per heavy atom. The summed E-state index contributed by atoms with van der Waals surface area (Å²) in [6.07, 6.45) is 0.283. The molecule has 0 saturated carbocycles. The molecular formula is C21H25N3O5S. The van der Waals surface area contributed by atoms with Gasteiger partial charge >= 0.3 is 6.09 Å². The van der Waals surface area contributed by atoms with E-state index in [1.807, 2.05) is 39.0 Å². The number of amides is 1. The molecular weight excluding hydrogens is 406 g/mol. The number of hydrogen-bond acceptors (Lipinski definition) is 8. The van der Waals surface area contributed by atoms with Gasteiger partial charge < -0.3 is 19.7 Å². The quantitative estimate of drug-likeness (QED) is 0.616. The maximum Gasteiger partial charge on any atom is 0.415 e. The van der Waals surface area contributed by atoms with Gasteiger partial charge in [-0.2, -0.15) is 0 Å². The fraction of sp³-hybridized carbons (Fsp3) is 0.381. The van der Waals surface area contributed by atoms with Crippen molar-refractivity contribution < 1.29 is 24.5 Å². The van der Waals surface area contributed by atoms with E-state index in [0.717, 1.165) is 20.8 Å². The zero-order chi connectivity index (χ0) is 21.9. The van der Waals surface area contributed by atoms with Crippen molar-refractivity contribution in [2.24, 2.45) is 0 Å². The molecule has 0 aliphatic carbocycles. The third-order valence-electron chi connectivity index (χ3n) is 4.02. The number of carbonyl (C=O) groups excluding carboxylic acids is 1. The molecule has 0 aliphatic rings. The molecule has 8 nitrogen and oxygen atoms in total. The van der Waals surface area contributed by atoms with Gasteiger partial charge in [-0.3, -0.25) is 4.90 Å². The summed E-state index contributed by atoms with van der Waals surface area (Å²) in [5.74, 6) is 1.07. The number of carbonyl (C=O) groups is 1. The minimum atomic E-state index is -0.916. The summed E-state index contributed by atoms with van der Waals surface area (Å²) in [5.41, 5.74) is 1.07. The molecule has 160 valence electrons. The number of aliphatic hydroxyl groups is 2. The monoisotopic (exact) mass is 431 g/mol. The summed E-state index contributed by atoms with van der Waals surface area (Å²) in [7, 11) is 1.61. The summed E-state index contributed by atoms with van der Waals surface area (Å²) in [6, 6.07) is 9.06. The van der Waals surface area contributed by atoms with Crippen LogP contribution >= 0.6 is 11.3 Å². The number of ether oxygens (including phenoxy) is 2. The zero-order valence-corrected chi connectivity index (χ0v) is 18.1. The molecule has 3 aromatic rings. The molecule has 0 spiro atoms. The van der Waals surface area contributed by atoms with Gasteiger partial charge in [-0.05, 0) is 51.1 Å². The Morgan fingerprint density at radius 2 is 2.03 bits per heavy atom. The maximum absolute atomic E-state index is 12.2. The summed E-state index contributed by atoms with van der Waals surface area (Å²) < 4.78 is 11.8. The predicted octanol–water partition coefficient (Wildman–Crippen LogP) is 3.46. The van der Waals surface area contributed by atoms with Crippen molar-refractivity contribution in [1.82, 2.24) is 9.97 Å². The fourth-order valence-corrected chi connectivity index (χ4v) is 3.48. The van der Waals surface area contributed by atoms with Gasteiger partial charge in [0.25, 0.3) is 0 Å².